The van der Waals surface area contributed by atoms with Crippen LogP contribution in [-0.2, 0) is 0 Å². The Morgan fingerprint density at radius 3 is 2.43 bits per heavy atom. The normalized spacial score (nSPS) is 105. The van der Waals surface area contributed by atoms with Gasteiger partial charge in [-0.1, -0.05) is 6.92 Å². The lowest BCUT2D eigenvalue weighted by Gasteiger charge is -1.95. The third-order valence-corrected chi connectivity index (χ3v) is 4.43. The third-order valence-electron chi connectivity index (χ3n) is 4.43. The molecular weight excluding hydrogens is 84.1 g/mol. The fourth-order valence-electron chi connectivity index (χ4n) is 3.97. The van der Waals surface area contributed by atoms with Crippen molar-refractivity contribution in [2.24, 2.45) is 28.6 Å². The summed E-state index contributed by atoms with van der Waals surface area (Å²) in [5.74, 6) is 3.76. The van der Waals surface area contributed by atoms with Crippen molar-refractivity contribution in [3.8, 4) is 0 Å². The fourth-order valence-corrected chi connectivity index (χ4v) is 3.97. The molecule has 0 aromatic rings. The van der Waals surface area contributed by atoms with Crippen molar-refractivity contribution in [1.82, 2.24) is 0 Å². The second-order valence-electron chi connectivity index (χ2n) is 4.00. The van der Waals surface area contributed by atoms with Crippen LogP contribution in [0.15, 0.2) is 0 Å². The molecule has 4 saturated carbocycles. The average Bonchev–Trinajstić information content (AvgIpc) is 2.17. The van der Waals surface area contributed by atoms with E-state index < -0.39 is 0 Å². The van der Waals surface area contributed by atoms with Gasteiger partial charge in [0.2, 0.25) is 0 Å². The quantitative estimate of drug-likeness (QED) is 0.422. The van der Waals surface area contributed by atoms with Gasteiger partial charge >= 0.3 is 0 Å². The highest BCUT2D eigenvalue weighted by Gasteiger charge is 3.19. The van der Waals surface area contributed by atoms with E-state index in [4.69, 9.17) is 0 Å². The van der Waals surface area contributed by atoms with Crippen molar-refractivity contribution in [1.29, 1.82) is 0 Å². The van der Waals surface area contributed by atoms with Gasteiger partial charge in [0.1, 0.15) is 0 Å². The molecule has 0 radical (unpaired) electrons. The second-order valence-corrected chi connectivity index (χ2v) is 4.00. The van der Waals surface area contributed by atoms with E-state index in [1.165, 1.54) is 17.8 Å². The van der Waals surface area contributed by atoms with Gasteiger partial charge in [0, 0.05) is 0 Å². The Labute approximate surface area is 42.9 Å². The summed E-state index contributed by atoms with van der Waals surface area (Å²) in [5, 5.41) is 0. The molecule has 4 fully saturated rings. The lowest BCUT2D eigenvalue weighted by atomic mass is 10.1. The van der Waals surface area contributed by atoms with Crippen LogP contribution in [0.1, 0.15) is 13.3 Å². The Morgan fingerprint density at radius 2 is 2.43 bits per heavy atom. The van der Waals surface area contributed by atoms with Gasteiger partial charge in [-0.2, -0.15) is 0 Å². The Morgan fingerprint density at radius 1 is 1.57 bits per heavy atom. The van der Waals surface area contributed by atoms with Crippen LogP contribution in [0.4, 0.5) is 0 Å². The molecular formula is C7H8. The molecule has 5 unspecified atom stereocenters. The van der Waals surface area contributed by atoms with Gasteiger partial charge in [0.15, 0.2) is 0 Å². The summed E-state index contributed by atoms with van der Waals surface area (Å²) in [4.78, 5) is 0. The van der Waals surface area contributed by atoms with Crippen LogP contribution >= 0.6 is 0 Å². The van der Waals surface area contributed by atoms with Gasteiger partial charge in [-0.15, -0.1) is 0 Å². The molecule has 0 aliphatic heterocycles. The molecule has 0 nitrogen and oxygen atoms in total. The van der Waals surface area contributed by atoms with Crippen LogP contribution in [0.2, 0.25) is 0 Å². The number of rotatable bonds is 0. The molecule has 0 N–H and O–H groups in total. The average molecular weight is 92.1 g/mol. The van der Waals surface area contributed by atoms with Crippen LogP contribution in [0.3, 0.4) is 0 Å². The topological polar surface area (TPSA) is 0 Å². The summed E-state index contributed by atoms with van der Waals surface area (Å²) in [6.45, 7) is 2.43. The largest absolute Gasteiger partial charge is 0.0616 e. The van der Waals surface area contributed by atoms with Crippen LogP contribution < -0.4 is 0 Å². The summed E-state index contributed by atoms with van der Waals surface area (Å²) in [5.41, 5.74) is 2.17. The maximum atomic E-state index is 2.43. The molecule has 0 heteroatoms. The molecule has 5 atom stereocenters. The van der Waals surface area contributed by atoms with Crippen LogP contribution in [-0.4, -0.2) is 0 Å². The molecule has 0 bridgehead atoms. The van der Waals surface area contributed by atoms with Crippen LogP contribution in [0.5, 0.6) is 0 Å². The molecule has 4 aliphatic carbocycles. The maximum Gasteiger partial charge on any atom is -0.0136 e. The van der Waals surface area contributed by atoms with E-state index in [9.17, 15) is 0 Å². The predicted molar refractivity (Wildman–Crippen MR) is 25.6 cm³/mol. The van der Waals surface area contributed by atoms with E-state index >= 15 is 0 Å². The zero-order chi connectivity index (χ0) is 4.44. The van der Waals surface area contributed by atoms with Crippen molar-refractivity contribution < 1.29 is 0 Å². The van der Waals surface area contributed by atoms with Crippen molar-refractivity contribution in [3.63, 3.8) is 0 Å². The third kappa shape index (κ3) is 0.0600. The van der Waals surface area contributed by atoms with Crippen molar-refractivity contribution >= 4 is 0 Å². The summed E-state index contributed by atoms with van der Waals surface area (Å²) in [7, 11) is 0. The summed E-state index contributed by atoms with van der Waals surface area (Å²) >= 11 is 0. The van der Waals surface area contributed by atoms with Crippen LogP contribution in [0.25, 0.3) is 0 Å². The summed E-state index contributed by atoms with van der Waals surface area (Å²) < 4.78 is 0. The van der Waals surface area contributed by atoms with E-state index in [2.05, 4.69) is 6.92 Å². The molecule has 0 heterocycles. The first-order valence-electron chi connectivity index (χ1n) is 3.37. The minimum Gasteiger partial charge on any atom is -0.0616 e. The SMILES string of the molecule is CC1C2C34CC3C124. The minimum absolute atomic E-state index is 1.08. The molecule has 7 heavy (non-hydrogen) atoms. The molecule has 0 aromatic heterocycles. The van der Waals surface area contributed by atoms with Gasteiger partial charge in [-0.05, 0) is 35.0 Å². The van der Waals surface area contributed by atoms with E-state index in [0.29, 0.717) is 0 Å². The first kappa shape index (κ1) is 2.52. The van der Waals surface area contributed by atoms with Gasteiger partial charge in [0.25, 0.3) is 0 Å². The zero-order valence-corrected chi connectivity index (χ0v) is 4.44. The number of hydrogen-bond acceptors (Lipinski definition) is 0. The van der Waals surface area contributed by atoms with E-state index in [1.54, 1.807) is 6.42 Å². The van der Waals surface area contributed by atoms with Gasteiger partial charge in [-0.3, -0.25) is 0 Å². The fraction of sp³-hybridized carbons (Fsp3) is 1.00. The lowest BCUT2D eigenvalue weighted by molar-refractivity contribution is 0.524. The molecule has 0 amide bonds. The van der Waals surface area contributed by atoms with Crippen molar-refractivity contribution in [2.75, 3.05) is 0 Å². The van der Waals surface area contributed by atoms with Gasteiger partial charge in [-0.25, -0.2) is 0 Å². The molecule has 2 spiro atoms. The van der Waals surface area contributed by atoms with Crippen molar-refractivity contribution in [2.45, 2.75) is 13.3 Å². The first-order valence-corrected chi connectivity index (χ1v) is 3.37. The zero-order valence-electron chi connectivity index (χ0n) is 4.44. The van der Waals surface area contributed by atoms with Gasteiger partial charge < -0.3 is 0 Å². The maximum absolute atomic E-state index is 2.43. The Bertz CT molecular complexity index is 192. The van der Waals surface area contributed by atoms with E-state index in [0.717, 1.165) is 10.8 Å². The molecule has 4 aliphatic rings. The molecule has 0 aromatic carbocycles. The molecule has 0 saturated heterocycles. The summed E-state index contributed by atoms with van der Waals surface area (Å²) in [6.07, 6.45) is 1.64. The molecule has 4 rings (SSSR count). The Hall–Kier alpha value is 0. The van der Waals surface area contributed by atoms with E-state index in [-0.39, 0.29) is 0 Å². The monoisotopic (exact) mass is 92.1 g/mol. The second kappa shape index (κ2) is 0.310. The smallest absolute Gasteiger partial charge is 0.0136 e. The molecule has 36 valence electrons. The van der Waals surface area contributed by atoms with E-state index in [1.807, 2.05) is 0 Å². The van der Waals surface area contributed by atoms with Crippen LogP contribution in [0, 0.1) is 28.6 Å². The lowest BCUT2D eigenvalue weighted by Crippen LogP contribution is -1.90. The standard InChI is InChI=1S/C7H8/c1-3-5-6-2-4(6)7(3,5)6/h3-5H,2H2,1H3. The highest BCUT2D eigenvalue weighted by molar-refractivity contribution is 5.65. The minimum atomic E-state index is 1.08. The highest BCUT2D eigenvalue weighted by atomic mass is 15.2. The Kier molecular flexibility index (Phi) is 0.112. The highest BCUT2D eigenvalue weighted by Crippen LogP contribution is 3.22. The first-order chi connectivity index (χ1) is 3.37. The van der Waals surface area contributed by atoms with Gasteiger partial charge in [0.05, 0.1) is 0 Å². The number of hydrogen-bond donors (Lipinski definition) is 0. The summed E-state index contributed by atoms with van der Waals surface area (Å²) in [6, 6.07) is 0. The Balaban J connectivity index is 2.09. The van der Waals surface area contributed by atoms with Crippen molar-refractivity contribution in [3.05, 3.63) is 0 Å². The predicted octanol–water partition coefficient (Wildman–Crippen LogP) is 1.27.